The zero-order valence-electron chi connectivity index (χ0n) is 32.6. The topological polar surface area (TPSA) is 154 Å². The van der Waals surface area contributed by atoms with E-state index in [0.717, 1.165) is 49.2 Å². The molecule has 8 rings (SSSR count). The minimum absolute atomic E-state index is 0.00476. The summed E-state index contributed by atoms with van der Waals surface area (Å²) in [5.41, 5.74) is 15.8. The Morgan fingerprint density at radius 1 is 0.500 bits per heavy atom. The lowest BCUT2D eigenvalue weighted by Gasteiger charge is -2.06. The first-order chi connectivity index (χ1) is 29.4. The summed E-state index contributed by atoms with van der Waals surface area (Å²) in [5.74, 6) is 0.00476. The van der Waals surface area contributed by atoms with Crippen LogP contribution in [0.1, 0.15) is 28.3 Å². The van der Waals surface area contributed by atoms with Gasteiger partial charge in [-0.2, -0.15) is 10.5 Å². The number of hydrogen-bond donors (Lipinski definition) is 2. The van der Waals surface area contributed by atoms with E-state index >= 15 is 0 Å². The number of nitrogens with one attached hydrogen (secondary N) is 1. The molecule has 0 radical (unpaired) electrons. The minimum Gasteiger partial charge on any atom is -0.350 e. The van der Waals surface area contributed by atoms with Crippen LogP contribution in [0.4, 0.5) is 0 Å². The summed E-state index contributed by atoms with van der Waals surface area (Å²) in [6.07, 6.45) is 7.40. The maximum Gasteiger partial charge on any atom is 0.224 e. The number of carbonyl (C=O) groups is 1. The molecule has 60 heavy (non-hydrogen) atoms. The molecule has 0 spiro atoms. The van der Waals surface area contributed by atoms with Crippen molar-refractivity contribution in [2.75, 3.05) is 0 Å². The first kappa shape index (κ1) is 43.5. The molecule has 8 aromatic rings. The molecule has 9 nitrogen and oxygen atoms in total. The molecule has 4 aromatic heterocycles. The number of amides is 1. The van der Waals surface area contributed by atoms with Crippen LogP contribution in [-0.4, -0.2) is 25.8 Å². The molecule has 4 aromatic carbocycles. The molecule has 0 fully saturated rings. The van der Waals surface area contributed by atoms with Crippen LogP contribution >= 0.6 is 15.9 Å². The second-order valence-electron chi connectivity index (χ2n) is 12.8. The lowest BCUT2D eigenvalue weighted by atomic mass is 10.1. The van der Waals surface area contributed by atoms with Gasteiger partial charge in [0.2, 0.25) is 5.91 Å². The average molecular weight is 850 g/mol. The number of carbonyl (C=O) groups excluding carboxylic acids is 1. The zero-order valence-corrected chi connectivity index (χ0v) is 34.2. The molecular weight excluding hydrogens is 809 g/mol. The average Bonchev–Trinajstić information content (AvgIpc) is 3.33. The number of benzene rings is 4. The third-order valence-corrected chi connectivity index (χ3v) is 9.04. The maximum absolute atomic E-state index is 11.9. The van der Waals surface area contributed by atoms with Gasteiger partial charge in [-0.05, 0) is 74.6 Å². The van der Waals surface area contributed by atoms with E-state index in [4.69, 9.17) is 16.3 Å². The SMILES string of the molecule is N#Cc1ccc(-c2ccccc2)cn1.N#Cc1ccc(Br)cn1.NCc1ccc(-c2ccccc2)cn1.O=C(Cc1ccccc1)NCc1ccc(-c2ccccc2)cn1. The molecule has 0 aliphatic carbocycles. The molecular formula is C50H41BrN8O. The van der Waals surface area contributed by atoms with Gasteiger partial charge in [-0.3, -0.25) is 14.8 Å². The molecule has 0 aliphatic rings. The number of nitrogens with two attached hydrogens (primary N) is 1. The van der Waals surface area contributed by atoms with Crippen LogP contribution in [-0.2, 0) is 24.3 Å². The number of pyridine rings is 4. The first-order valence-electron chi connectivity index (χ1n) is 18.9. The normalized spacial score (nSPS) is 9.73. The summed E-state index contributed by atoms with van der Waals surface area (Å²) in [5, 5.41) is 19.8. The maximum atomic E-state index is 11.9. The van der Waals surface area contributed by atoms with Crippen molar-refractivity contribution in [3.63, 3.8) is 0 Å². The smallest absolute Gasteiger partial charge is 0.224 e. The standard InChI is InChI=1S/C20H18N2O.C12H12N2.C12H8N2.C6H3BrN2/c23-20(13-16-7-3-1-4-8-16)22-15-19-12-11-18(14-21-19)17-9-5-2-6-10-17;2*13-8-12-7-6-11(9-14-12)10-4-2-1-3-5-10;7-5-1-2-6(3-8)9-4-5/h1-12,14H,13,15H2,(H,22,23);1-7,9H,8,13H2;1-7,9H;1-2,4H. The van der Waals surface area contributed by atoms with Gasteiger partial charge in [-0.15, -0.1) is 0 Å². The van der Waals surface area contributed by atoms with Crippen LogP contribution in [0.5, 0.6) is 0 Å². The van der Waals surface area contributed by atoms with Crippen LogP contribution in [0.2, 0.25) is 0 Å². The molecule has 0 atom stereocenters. The summed E-state index contributed by atoms with van der Waals surface area (Å²) in [4.78, 5) is 28.4. The highest BCUT2D eigenvalue weighted by atomic mass is 79.9. The van der Waals surface area contributed by atoms with Crippen molar-refractivity contribution in [1.29, 1.82) is 10.5 Å². The van der Waals surface area contributed by atoms with Gasteiger partial charge >= 0.3 is 0 Å². The van der Waals surface area contributed by atoms with E-state index in [9.17, 15) is 4.79 Å². The molecule has 294 valence electrons. The Balaban J connectivity index is 0.000000160. The van der Waals surface area contributed by atoms with Crippen molar-refractivity contribution in [1.82, 2.24) is 25.3 Å². The van der Waals surface area contributed by atoms with E-state index in [2.05, 4.69) is 65.4 Å². The lowest BCUT2D eigenvalue weighted by molar-refractivity contribution is -0.120. The second kappa shape index (κ2) is 24.2. The van der Waals surface area contributed by atoms with Gasteiger partial charge in [-0.25, -0.2) is 9.97 Å². The van der Waals surface area contributed by atoms with Gasteiger partial charge in [0.1, 0.15) is 23.5 Å². The van der Waals surface area contributed by atoms with Crippen LogP contribution in [0, 0.1) is 22.7 Å². The van der Waals surface area contributed by atoms with Gasteiger partial charge in [0.15, 0.2) is 0 Å². The highest BCUT2D eigenvalue weighted by Gasteiger charge is 2.05. The fourth-order valence-electron chi connectivity index (χ4n) is 5.41. The number of nitriles is 2. The van der Waals surface area contributed by atoms with Gasteiger partial charge in [0, 0.05) is 52.5 Å². The van der Waals surface area contributed by atoms with E-state index in [1.54, 1.807) is 30.6 Å². The molecule has 0 aliphatic heterocycles. The number of aromatic nitrogens is 4. The highest BCUT2D eigenvalue weighted by Crippen LogP contribution is 2.19. The Hall–Kier alpha value is -7.63. The Labute approximate surface area is 359 Å². The van der Waals surface area contributed by atoms with Crippen LogP contribution in [0.25, 0.3) is 33.4 Å². The molecule has 3 N–H and O–H groups in total. The third kappa shape index (κ3) is 14.7. The van der Waals surface area contributed by atoms with Gasteiger partial charge < -0.3 is 11.1 Å². The predicted molar refractivity (Wildman–Crippen MR) is 240 cm³/mol. The summed E-state index contributed by atoms with van der Waals surface area (Å²) in [6, 6.07) is 59.0. The van der Waals surface area contributed by atoms with E-state index in [1.165, 1.54) is 5.56 Å². The summed E-state index contributed by atoms with van der Waals surface area (Å²) < 4.78 is 0.890. The molecule has 4 heterocycles. The van der Waals surface area contributed by atoms with E-state index in [0.29, 0.717) is 30.9 Å². The summed E-state index contributed by atoms with van der Waals surface area (Å²) in [6.45, 7) is 0.940. The number of hydrogen-bond acceptors (Lipinski definition) is 8. The molecule has 10 heteroatoms. The first-order valence-corrected chi connectivity index (χ1v) is 19.7. The second-order valence-corrected chi connectivity index (χ2v) is 13.8. The van der Waals surface area contributed by atoms with Crippen molar-refractivity contribution < 1.29 is 4.79 Å². The third-order valence-electron chi connectivity index (χ3n) is 8.57. The van der Waals surface area contributed by atoms with Crippen molar-refractivity contribution in [2.45, 2.75) is 19.5 Å². The summed E-state index contributed by atoms with van der Waals surface area (Å²) >= 11 is 3.20. The Morgan fingerprint density at radius 2 is 0.917 bits per heavy atom. The molecule has 0 saturated heterocycles. The minimum atomic E-state index is 0.00476. The quantitative estimate of drug-likeness (QED) is 0.153. The number of nitrogens with zero attached hydrogens (tertiary/aromatic N) is 6. The Kier molecular flexibility index (Phi) is 17.5. The molecule has 0 unspecified atom stereocenters. The number of halogens is 1. The van der Waals surface area contributed by atoms with Crippen molar-refractivity contribution in [2.24, 2.45) is 5.73 Å². The lowest BCUT2D eigenvalue weighted by Crippen LogP contribution is -2.24. The number of rotatable bonds is 8. The fourth-order valence-corrected chi connectivity index (χ4v) is 5.65. The molecule has 0 saturated carbocycles. The van der Waals surface area contributed by atoms with E-state index in [-0.39, 0.29) is 5.91 Å². The van der Waals surface area contributed by atoms with Gasteiger partial charge in [-0.1, -0.05) is 133 Å². The monoisotopic (exact) mass is 848 g/mol. The highest BCUT2D eigenvalue weighted by molar-refractivity contribution is 9.10. The predicted octanol–water partition coefficient (Wildman–Crippen LogP) is 10.2. The Bertz CT molecular complexity index is 2550. The van der Waals surface area contributed by atoms with E-state index in [1.807, 2.05) is 152 Å². The van der Waals surface area contributed by atoms with Crippen molar-refractivity contribution in [3.05, 3.63) is 227 Å². The molecule has 0 bridgehead atoms. The summed E-state index contributed by atoms with van der Waals surface area (Å²) in [7, 11) is 0. The van der Waals surface area contributed by atoms with Gasteiger partial charge in [0.05, 0.1) is 24.4 Å². The van der Waals surface area contributed by atoms with Crippen LogP contribution in [0.15, 0.2) is 199 Å². The van der Waals surface area contributed by atoms with Crippen molar-refractivity contribution >= 4 is 21.8 Å². The zero-order chi connectivity index (χ0) is 42.2. The largest absolute Gasteiger partial charge is 0.350 e. The van der Waals surface area contributed by atoms with Crippen LogP contribution < -0.4 is 11.1 Å². The van der Waals surface area contributed by atoms with Gasteiger partial charge in [0.25, 0.3) is 0 Å². The van der Waals surface area contributed by atoms with Crippen molar-refractivity contribution in [3.8, 4) is 45.5 Å². The molecule has 1 amide bonds. The van der Waals surface area contributed by atoms with Crippen LogP contribution in [0.3, 0.4) is 0 Å². The van der Waals surface area contributed by atoms with E-state index < -0.39 is 0 Å². The Morgan fingerprint density at radius 3 is 1.30 bits per heavy atom. The fraction of sp³-hybridized carbons (Fsp3) is 0.0600.